The summed E-state index contributed by atoms with van der Waals surface area (Å²) in [6.45, 7) is 6.70. The zero-order valence-corrected chi connectivity index (χ0v) is 6.73. The molecule has 0 N–H and O–H groups in total. The molecule has 0 radical (unpaired) electrons. The maximum absolute atomic E-state index is 5.43. The van der Waals surface area contributed by atoms with Gasteiger partial charge in [-0.3, -0.25) is 0 Å². The SMILES string of the molecule is C=CN=C(Cl)N=C(Cl)C=C. The molecule has 10 heavy (non-hydrogen) atoms. The number of allylic oxidation sites excluding steroid dienone is 1. The van der Waals surface area contributed by atoms with Gasteiger partial charge >= 0.3 is 0 Å². The Morgan fingerprint density at radius 1 is 1.30 bits per heavy atom. The molecule has 0 saturated heterocycles. The molecule has 0 aliphatic rings. The predicted molar refractivity (Wildman–Crippen MR) is 47.0 cm³/mol. The second-order valence-electron chi connectivity index (χ2n) is 1.22. The van der Waals surface area contributed by atoms with Crippen LogP contribution in [0.1, 0.15) is 0 Å². The molecule has 4 heteroatoms. The van der Waals surface area contributed by atoms with E-state index in [-0.39, 0.29) is 10.5 Å². The average Bonchev–Trinajstić information content (AvgIpc) is 1.88. The van der Waals surface area contributed by atoms with E-state index >= 15 is 0 Å². The Hall–Kier alpha value is -0.600. The van der Waals surface area contributed by atoms with Gasteiger partial charge in [0.15, 0.2) is 0 Å². The minimum absolute atomic E-state index is 0.0416. The van der Waals surface area contributed by atoms with Crippen molar-refractivity contribution in [3.8, 4) is 0 Å². The van der Waals surface area contributed by atoms with Crippen LogP contribution < -0.4 is 0 Å². The van der Waals surface area contributed by atoms with Crippen molar-refractivity contribution in [2.75, 3.05) is 0 Å². The van der Waals surface area contributed by atoms with Crippen molar-refractivity contribution >= 4 is 33.7 Å². The normalized spacial score (nSPS) is 13.0. The fraction of sp³-hybridized carbons (Fsp3) is 0. The molecule has 2 nitrogen and oxygen atoms in total. The lowest BCUT2D eigenvalue weighted by Crippen LogP contribution is -1.85. The lowest BCUT2D eigenvalue weighted by molar-refractivity contribution is 1.56. The second kappa shape index (κ2) is 5.21. The van der Waals surface area contributed by atoms with Crippen molar-refractivity contribution in [1.82, 2.24) is 0 Å². The zero-order chi connectivity index (χ0) is 7.98. The molecule has 0 aliphatic carbocycles. The standard InChI is InChI=1S/C6H6Cl2N2/c1-3-5(7)10-6(8)9-4-2/h3-4H,1-2H2. The Labute approximate surface area is 69.6 Å². The van der Waals surface area contributed by atoms with E-state index in [2.05, 4.69) is 23.1 Å². The third-order valence-corrected chi connectivity index (χ3v) is 0.986. The van der Waals surface area contributed by atoms with Gasteiger partial charge in [0.25, 0.3) is 0 Å². The van der Waals surface area contributed by atoms with Gasteiger partial charge in [-0.25, -0.2) is 9.98 Å². The highest BCUT2D eigenvalue weighted by molar-refractivity contribution is 6.73. The first-order valence-corrected chi connectivity index (χ1v) is 3.17. The van der Waals surface area contributed by atoms with E-state index in [9.17, 15) is 0 Å². The summed E-state index contributed by atoms with van der Waals surface area (Å²) in [5.41, 5.74) is 0. The largest absolute Gasteiger partial charge is 0.227 e. The quantitative estimate of drug-likeness (QED) is 0.351. The molecule has 0 aliphatic heterocycles. The molecule has 0 unspecified atom stereocenters. The molecule has 0 rings (SSSR count). The number of hydrogen-bond donors (Lipinski definition) is 0. The molecule has 0 bridgehead atoms. The maximum Gasteiger partial charge on any atom is 0.223 e. The van der Waals surface area contributed by atoms with E-state index in [1.807, 2.05) is 0 Å². The average molecular weight is 177 g/mol. The summed E-state index contributed by atoms with van der Waals surface area (Å²) in [5, 5.41) is 0.246. The molecule has 0 fully saturated rings. The lowest BCUT2D eigenvalue weighted by atomic mass is 10.7. The Morgan fingerprint density at radius 3 is 2.30 bits per heavy atom. The summed E-state index contributed by atoms with van der Waals surface area (Å²) in [6.07, 6.45) is 2.64. The molecule has 0 amide bonds. The number of amidine groups is 1. The van der Waals surface area contributed by atoms with Crippen LogP contribution in [0.4, 0.5) is 0 Å². The number of halogens is 2. The molecule has 0 saturated carbocycles. The Kier molecular flexibility index (Phi) is 4.89. The molecule has 0 aromatic heterocycles. The van der Waals surface area contributed by atoms with Gasteiger partial charge in [0.1, 0.15) is 5.17 Å². The van der Waals surface area contributed by atoms with Crippen LogP contribution in [-0.2, 0) is 0 Å². The molecular weight excluding hydrogens is 171 g/mol. The summed E-state index contributed by atoms with van der Waals surface area (Å²) < 4.78 is 0. The first kappa shape index (κ1) is 9.40. The van der Waals surface area contributed by atoms with Crippen molar-refractivity contribution in [3.63, 3.8) is 0 Å². The van der Waals surface area contributed by atoms with Crippen LogP contribution in [0, 0.1) is 0 Å². The van der Waals surface area contributed by atoms with E-state index in [4.69, 9.17) is 23.2 Å². The fourth-order valence-electron chi connectivity index (χ4n) is 0.238. The topological polar surface area (TPSA) is 24.7 Å². The van der Waals surface area contributed by atoms with Gasteiger partial charge in [-0.15, -0.1) is 0 Å². The summed E-state index contributed by atoms with van der Waals surface area (Å²) in [6, 6.07) is 0. The number of nitrogens with zero attached hydrogens (tertiary/aromatic N) is 2. The van der Waals surface area contributed by atoms with Gasteiger partial charge in [-0.1, -0.05) is 24.8 Å². The number of rotatable bonds is 2. The van der Waals surface area contributed by atoms with E-state index < -0.39 is 0 Å². The maximum atomic E-state index is 5.43. The van der Waals surface area contributed by atoms with Crippen molar-refractivity contribution in [2.45, 2.75) is 0 Å². The minimum atomic E-state index is 0.0416. The van der Waals surface area contributed by atoms with Crippen LogP contribution >= 0.6 is 23.2 Å². The van der Waals surface area contributed by atoms with Gasteiger partial charge < -0.3 is 0 Å². The molecule has 0 aromatic rings. The minimum Gasteiger partial charge on any atom is -0.227 e. The zero-order valence-electron chi connectivity index (χ0n) is 5.22. The van der Waals surface area contributed by atoms with Gasteiger partial charge in [-0.2, -0.15) is 0 Å². The first-order valence-electron chi connectivity index (χ1n) is 2.41. The molecule has 0 atom stereocenters. The van der Waals surface area contributed by atoms with Crippen molar-refractivity contribution in [2.24, 2.45) is 9.98 Å². The predicted octanol–water partition coefficient (Wildman–Crippen LogP) is 2.55. The molecule has 54 valence electrons. The summed E-state index contributed by atoms with van der Waals surface area (Å²) in [7, 11) is 0. The highest BCUT2D eigenvalue weighted by Crippen LogP contribution is 1.94. The van der Waals surface area contributed by atoms with Crippen LogP contribution in [0.25, 0.3) is 0 Å². The molecule has 0 aromatic carbocycles. The van der Waals surface area contributed by atoms with E-state index in [1.54, 1.807) is 0 Å². The third-order valence-electron chi connectivity index (χ3n) is 0.565. The highest BCUT2D eigenvalue weighted by Gasteiger charge is 1.88. The summed E-state index contributed by atoms with van der Waals surface area (Å²) in [5.74, 6) is 0. The van der Waals surface area contributed by atoms with Crippen molar-refractivity contribution in [1.29, 1.82) is 0 Å². The van der Waals surface area contributed by atoms with Gasteiger partial charge in [0.05, 0.1) is 0 Å². The molecule has 0 spiro atoms. The Bertz CT molecular complexity index is 194. The third kappa shape index (κ3) is 4.30. The summed E-state index contributed by atoms with van der Waals surface area (Å²) >= 11 is 10.8. The van der Waals surface area contributed by atoms with Crippen LogP contribution in [0.5, 0.6) is 0 Å². The van der Waals surface area contributed by atoms with Gasteiger partial charge in [0.2, 0.25) is 5.29 Å². The van der Waals surface area contributed by atoms with Gasteiger partial charge in [-0.05, 0) is 17.7 Å². The summed E-state index contributed by atoms with van der Waals surface area (Å²) in [4.78, 5) is 7.13. The van der Waals surface area contributed by atoms with Crippen LogP contribution in [0.2, 0.25) is 0 Å². The Morgan fingerprint density at radius 2 is 1.90 bits per heavy atom. The second-order valence-corrected chi connectivity index (χ2v) is 1.94. The van der Waals surface area contributed by atoms with Crippen molar-refractivity contribution in [3.05, 3.63) is 25.4 Å². The monoisotopic (exact) mass is 176 g/mol. The van der Waals surface area contributed by atoms with E-state index in [0.717, 1.165) is 0 Å². The molecular formula is C6H6Cl2N2. The highest BCUT2D eigenvalue weighted by atomic mass is 35.5. The van der Waals surface area contributed by atoms with Gasteiger partial charge in [0, 0.05) is 6.20 Å². The smallest absolute Gasteiger partial charge is 0.223 e. The fourth-order valence-corrected chi connectivity index (χ4v) is 0.521. The number of hydrogen-bond acceptors (Lipinski definition) is 1. The van der Waals surface area contributed by atoms with E-state index in [1.165, 1.54) is 12.3 Å². The Balaban J connectivity index is 4.24. The van der Waals surface area contributed by atoms with Crippen LogP contribution in [0.3, 0.4) is 0 Å². The lowest BCUT2D eigenvalue weighted by Gasteiger charge is -1.85. The van der Waals surface area contributed by atoms with Crippen molar-refractivity contribution < 1.29 is 0 Å². The molecule has 0 heterocycles. The van der Waals surface area contributed by atoms with Crippen LogP contribution in [-0.4, -0.2) is 10.5 Å². The van der Waals surface area contributed by atoms with Crippen LogP contribution in [0.15, 0.2) is 35.4 Å². The number of aliphatic imine (C=N–C) groups is 2. The van der Waals surface area contributed by atoms with E-state index in [0.29, 0.717) is 0 Å². The first-order chi connectivity index (χ1) is 4.70.